The highest BCUT2D eigenvalue weighted by Gasteiger charge is 2.17. The zero-order valence-corrected chi connectivity index (χ0v) is 23.6. The Hall–Kier alpha value is -4.23. The summed E-state index contributed by atoms with van der Waals surface area (Å²) in [4.78, 5) is 33.3. The van der Waals surface area contributed by atoms with Crippen molar-refractivity contribution in [3.05, 3.63) is 136 Å². The van der Waals surface area contributed by atoms with E-state index in [1.807, 2.05) is 59.5 Å². The lowest BCUT2D eigenvalue weighted by Gasteiger charge is -2.23. The van der Waals surface area contributed by atoms with E-state index in [2.05, 4.69) is 12.1 Å². The zero-order chi connectivity index (χ0) is 28.4. The Morgan fingerprint density at radius 3 is 2.22 bits per heavy atom. The van der Waals surface area contributed by atoms with Crippen LogP contribution in [-0.4, -0.2) is 32.7 Å². The minimum atomic E-state index is -0.479. The molecule has 0 spiro atoms. The van der Waals surface area contributed by atoms with Crippen molar-refractivity contribution in [3.8, 4) is 5.69 Å². The van der Waals surface area contributed by atoms with Gasteiger partial charge >= 0.3 is 0 Å². The van der Waals surface area contributed by atoms with Gasteiger partial charge in [-0.15, -0.1) is 0 Å². The molecule has 0 saturated carbocycles. The molecule has 5 aromatic rings. The maximum atomic E-state index is 14.7. The number of para-hydroxylation sites is 2. The number of hydrogen-bond acceptors (Lipinski definition) is 4. The van der Waals surface area contributed by atoms with Crippen LogP contribution in [0.1, 0.15) is 30.4 Å². The van der Waals surface area contributed by atoms with Crippen LogP contribution in [0.4, 0.5) is 4.39 Å². The van der Waals surface area contributed by atoms with E-state index in [9.17, 15) is 14.0 Å². The summed E-state index contributed by atoms with van der Waals surface area (Å²) >= 11 is 1.41. The Morgan fingerprint density at radius 1 is 0.805 bits per heavy atom. The Morgan fingerprint density at radius 2 is 1.46 bits per heavy atom. The molecule has 4 aromatic carbocycles. The Balaban J connectivity index is 1.23. The average Bonchev–Trinajstić information content (AvgIpc) is 3.01. The third-order valence-corrected chi connectivity index (χ3v) is 7.96. The van der Waals surface area contributed by atoms with Crippen LogP contribution in [0, 0.1) is 5.82 Å². The van der Waals surface area contributed by atoms with E-state index in [-0.39, 0.29) is 17.2 Å². The van der Waals surface area contributed by atoms with Gasteiger partial charge in [0.1, 0.15) is 5.82 Å². The van der Waals surface area contributed by atoms with Crippen molar-refractivity contribution in [2.24, 2.45) is 0 Å². The average molecular weight is 566 g/mol. The molecule has 0 bridgehead atoms. The highest BCUT2D eigenvalue weighted by Crippen LogP contribution is 2.24. The van der Waals surface area contributed by atoms with Crippen LogP contribution >= 0.6 is 11.8 Å². The van der Waals surface area contributed by atoms with Gasteiger partial charge in [0.2, 0.25) is 5.91 Å². The standard InChI is InChI=1S/C34H32FN3O2S/c35-29-18-8-10-20-31(29)38-33(40)28-17-7-9-19-30(28)36-34(38)41-24-12-11-21-32(39)37(25-27-15-5-2-6-16-27)23-22-26-13-3-1-4-14-26/h1-10,13-20H,11-12,21-25H2. The first kappa shape index (κ1) is 28.3. The SMILES string of the molecule is O=C(CCCCSc1nc2ccccc2c(=O)n1-c1ccccc1F)N(CCc1ccccc1)Cc1ccccc1. The highest BCUT2D eigenvalue weighted by atomic mass is 32.2. The zero-order valence-electron chi connectivity index (χ0n) is 22.8. The Labute approximate surface area is 243 Å². The lowest BCUT2D eigenvalue weighted by molar-refractivity contribution is -0.131. The van der Waals surface area contributed by atoms with E-state index in [1.165, 1.54) is 28.0 Å². The summed E-state index contributed by atoms with van der Waals surface area (Å²) in [6.45, 7) is 1.24. The van der Waals surface area contributed by atoms with Crippen LogP contribution in [0.3, 0.4) is 0 Å². The second-order valence-corrected chi connectivity index (χ2v) is 10.9. The van der Waals surface area contributed by atoms with E-state index in [0.717, 1.165) is 18.4 Å². The summed E-state index contributed by atoms with van der Waals surface area (Å²) in [7, 11) is 0. The second kappa shape index (κ2) is 13.9. The van der Waals surface area contributed by atoms with Crippen LogP contribution in [0.25, 0.3) is 16.6 Å². The molecule has 0 fully saturated rings. The minimum absolute atomic E-state index is 0.127. The molecule has 0 unspecified atom stereocenters. The molecule has 0 radical (unpaired) electrons. The fourth-order valence-corrected chi connectivity index (χ4v) is 5.76. The monoisotopic (exact) mass is 565 g/mol. The molecule has 1 amide bonds. The topological polar surface area (TPSA) is 55.2 Å². The molecule has 5 rings (SSSR count). The van der Waals surface area contributed by atoms with Crippen molar-refractivity contribution in [2.45, 2.75) is 37.4 Å². The molecule has 0 saturated heterocycles. The number of aromatic nitrogens is 2. The number of benzene rings is 4. The van der Waals surface area contributed by atoms with Crippen molar-refractivity contribution in [2.75, 3.05) is 12.3 Å². The summed E-state index contributed by atoms with van der Waals surface area (Å²) in [6.07, 6.45) is 2.71. The van der Waals surface area contributed by atoms with Crippen molar-refractivity contribution < 1.29 is 9.18 Å². The largest absolute Gasteiger partial charge is 0.338 e. The van der Waals surface area contributed by atoms with Crippen LogP contribution < -0.4 is 5.56 Å². The smallest absolute Gasteiger partial charge is 0.266 e. The molecular weight excluding hydrogens is 533 g/mol. The molecule has 0 N–H and O–H groups in total. The predicted molar refractivity (Wildman–Crippen MR) is 164 cm³/mol. The number of carbonyl (C=O) groups is 1. The van der Waals surface area contributed by atoms with Gasteiger partial charge in [0.05, 0.1) is 16.6 Å². The van der Waals surface area contributed by atoms with Gasteiger partial charge < -0.3 is 4.90 Å². The third-order valence-electron chi connectivity index (χ3n) is 6.94. The summed E-state index contributed by atoms with van der Waals surface area (Å²) in [5.74, 6) is 0.296. The molecule has 0 aliphatic carbocycles. The number of halogens is 1. The van der Waals surface area contributed by atoms with Crippen LogP contribution in [0.2, 0.25) is 0 Å². The number of rotatable bonds is 12. The molecule has 0 aliphatic heterocycles. The van der Waals surface area contributed by atoms with Gasteiger partial charge in [-0.1, -0.05) is 96.7 Å². The summed E-state index contributed by atoms with van der Waals surface area (Å²) < 4.78 is 16.1. The molecule has 0 aliphatic rings. The normalized spacial score (nSPS) is 11.0. The van der Waals surface area contributed by atoms with Crippen molar-refractivity contribution >= 4 is 28.6 Å². The van der Waals surface area contributed by atoms with Crippen molar-refractivity contribution in [1.82, 2.24) is 14.5 Å². The van der Waals surface area contributed by atoms with Gasteiger partial charge in [-0.05, 0) is 54.7 Å². The highest BCUT2D eigenvalue weighted by molar-refractivity contribution is 7.99. The number of carbonyl (C=O) groups excluding carboxylic acids is 1. The number of hydrogen-bond donors (Lipinski definition) is 0. The van der Waals surface area contributed by atoms with Crippen LogP contribution in [-0.2, 0) is 17.8 Å². The molecule has 0 atom stereocenters. The molecule has 41 heavy (non-hydrogen) atoms. The molecule has 1 aromatic heterocycles. The van der Waals surface area contributed by atoms with Crippen molar-refractivity contribution in [3.63, 3.8) is 0 Å². The second-order valence-electron chi connectivity index (χ2n) is 9.85. The van der Waals surface area contributed by atoms with E-state index in [4.69, 9.17) is 4.98 Å². The summed E-state index contributed by atoms with van der Waals surface area (Å²) in [5.41, 5.74) is 2.78. The van der Waals surface area contributed by atoms with Crippen molar-refractivity contribution in [1.29, 1.82) is 0 Å². The quantitative estimate of drug-likeness (QED) is 0.0924. The first-order valence-corrected chi connectivity index (χ1v) is 14.8. The number of fused-ring (bicyclic) bond motifs is 1. The number of amides is 1. The summed E-state index contributed by atoms with van der Waals surface area (Å²) in [5, 5.41) is 0.887. The molecule has 1 heterocycles. The van der Waals surface area contributed by atoms with E-state index in [1.54, 1.807) is 36.4 Å². The lowest BCUT2D eigenvalue weighted by atomic mass is 10.1. The number of unbranched alkanes of at least 4 members (excludes halogenated alkanes) is 1. The molecular formula is C34H32FN3O2S. The molecule has 5 nitrogen and oxygen atoms in total. The maximum absolute atomic E-state index is 14.7. The Bertz CT molecular complexity index is 1660. The number of thioether (sulfide) groups is 1. The van der Waals surface area contributed by atoms with E-state index in [0.29, 0.717) is 47.7 Å². The van der Waals surface area contributed by atoms with Gasteiger partial charge in [0, 0.05) is 25.3 Å². The summed E-state index contributed by atoms with van der Waals surface area (Å²) in [6, 6.07) is 33.6. The van der Waals surface area contributed by atoms with Crippen LogP contribution in [0.5, 0.6) is 0 Å². The van der Waals surface area contributed by atoms with E-state index < -0.39 is 5.82 Å². The van der Waals surface area contributed by atoms with Gasteiger partial charge in [-0.25, -0.2) is 9.37 Å². The molecule has 208 valence electrons. The fraction of sp³-hybridized carbons (Fsp3) is 0.206. The first-order valence-electron chi connectivity index (χ1n) is 13.9. The van der Waals surface area contributed by atoms with E-state index >= 15 is 0 Å². The maximum Gasteiger partial charge on any atom is 0.266 e. The van der Waals surface area contributed by atoms with Gasteiger partial charge in [-0.2, -0.15) is 0 Å². The fourth-order valence-electron chi connectivity index (χ4n) is 4.76. The van der Waals surface area contributed by atoms with Gasteiger partial charge in [0.15, 0.2) is 5.16 Å². The minimum Gasteiger partial charge on any atom is -0.338 e. The van der Waals surface area contributed by atoms with Crippen LogP contribution in [0.15, 0.2) is 119 Å². The van der Waals surface area contributed by atoms with Gasteiger partial charge in [-0.3, -0.25) is 14.2 Å². The Kier molecular flexibility index (Phi) is 9.60. The lowest BCUT2D eigenvalue weighted by Crippen LogP contribution is -2.32. The van der Waals surface area contributed by atoms with Gasteiger partial charge in [0.25, 0.3) is 5.56 Å². The number of nitrogens with zero attached hydrogens (tertiary/aromatic N) is 3. The first-order chi connectivity index (χ1) is 20.1. The third kappa shape index (κ3) is 7.30. The predicted octanol–water partition coefficient (Wildman–Crippen LogP) is 7.06. The molecule has 7 heteroatoms.